The first-order valence-corrected chi connectivity index (χ1v) is 9.52. The number of carbonyl (C=O) groups is 2. The van der Waals surface area contributed by atoms with Gasteiger partial charge in [0.25, 0.3) is 5.91 Å². The smallest absolute Gasteiger partial charge is 0.257 e. The molecule has 132 valence electrons. The number of hydrogen-bond acceptors (Lipinski definition) is 4. The lowest BCUT2D eigenvalue weighted by Crippen LogP contribution is -2.24. The molecule has 0 saturated carbocycles. The van der Waals surface area contributed by atoms with Crippen molar-refractivity contribution >= 4 is 50.1 Å². The summed E-state index contributed by atoms with van der Waals surface area (Å²) in [5, 5.41) is 4.02. The predicted octanol–water partition coefficient (Wildman–Crippen LogP) is 4.32. The van der Waals surface area contributed by atoms with Gasteiger partial charge in [-0.25, -0.2) is 4.98 Å². The number of likely N-dealkylation sites (tertiary alicyclic amines) is 1. The fourth-order valence-electron chi connectivity index (χ4n) is 3.02. The summed E-state index contributed by atoms with van der Waals surface area (Å²) in [6, 6.07) is 12.8. The lowest BCUT2D eigenvalue weighted by Gasteiger charge is -2.15. The number of nitrogens with zero attached hydrogens (tertiary/aromatic N) is 2. The van der Waals surface area contributed by atoms with Crippen LogP contribution in [0.2, 0.25) is 5.02 Å². The Morgan fingerprint density at radius 1 is 1.27 bits per heavy atom. The van der Waals surface area contributed by atoms with Crippen LogP contribution < -0.4 is 5.32 Å². The predicted molar refractivity (Wildman–Crippen MR) is 104 cm³/mol. The normalized spacial score (nSPS) is 14.2. The lowest BCUT2D eigenvalue weighted by molar-refractivity contribution is -0.128. The lowest BCUT2D eigenvalue weighted by atomic mass is 10.1. The first-order chi connectivity index (χ1) is 12.6. The van der Waals surface area contributed by atoms with Crippen molar-refractivity contribution in [3.05, 3.63) is 58.6 Å². The van der Waals surface area contributed by atoms with E-state index in [1.807, 2.05) is 35.2 Å². The monoisotopic (exact) mass is 385 g/mol. The highest BCUT2D eigenvalue weighted by atomic mass is 35.5. The molecule has 3 aromatic rings. The Labute approximate surface area is 159 Å². The third-order valence-electron chi connectivity index (χ3n) is 4.30. The van der Waals surface area contributed by atoms with Crippen LogP contribution in [0.25, 0.3) is 10.2 Å². The van der Waals surface area contributed by atoms with E-state index in [4.69, 9.17) is 11.6 Å². The molecule has 1 saturated heterocycles. The van der Waals surface area contributed by atoms with Gasteiger partial charge in [-0.3, -0.25) is 14.9 Å². The van der Waals surface area contributed by atoms with Gasteiger partial charge >= 0.3 is 0 Å². The van der Waals surface area contributed by atoms with Gasteiger partial charge in [-0.2, -0.15) is 0 Å². The van der Waals surface area contributed by atoms with Gasteiger partial charge in [0.15, 0.2) is 5.13 Å². The van der Waals surface area contributed by atoms with Crippen LogP contribution in [0.4, 0.5) is 5.13 Å². The van der Waals surface area contributed by atoms with E-state index in [-0.39, 0.29) is 11.8 Å². The Morgan fingerprint density at radius 2 is 2.15 bits per heavy atom. The Balaban J connectivity index is 1.50. The first kappa shape index (κ1) is 17.0. The summed E-state index contributed by atoms with van der Waals surface area (Å²) in [6.45, 7) is 1.32. The fraction of sp³-hybridized carbons (Fsp3) is 0.211. The zero-order valence-electron chi connectivity index (χ0n) is 13.9. The second kappa shape index (κ2) is 7.05. The van der Waals surface area contributed by atoms with Gasteiger partial charge < -0.3 is 4.90 Å². The van der Waals surface area contributed by atoms with E-state index in [1.165, 1.54) is 11.3 Å². The number of fused-ring (bicyclic) bond motifs is 1. The largest absolute Gasteiger partial charge is 0.338 e. The van der Waals surface area contributed by atoms with Gasteiger partial charge in [-0.05, 0) is 42.3 Å². The second-order valence-electron chi connectivity index (χ2n) is 6.20. The number of carbonyl (C=O) groups excluding carboxylic acids is 2. The number of amides is 2. The van der Waals surface area contributed by atoms with Crippen LogP contribution in [0, 0.1) is 0 Å². The van der Waals surface area contributed by atoms with Crippen molar-refractivity contribution in [3.8, 4) is 0 Å². The topological polar surface area (TPSA) is 62.3 Å². The van der Waals surface area contributed by atoms with Crippen molar-refractivity contribution in [1.29, 1.82) is 0 Å². The number of benzene rings is 2. The third kappa shape index (κ3) is 3.57. The number of thiazole rings is 1. The molecule has 0 atom stereocenters. The van der Waals surface area contributed by atoms with Gasteiger partial charge in [-0.1, -0.05) is 35.1 Å². The molecule has 4 rings (SSSR count). The number of hydrogen-bond donors (Lipinski definition) is 1. The van der Waals surface area contributed by atoms with Crippen molar-refractivity contribution in [2.45, 2.75) is 19.4 Å². The molecule has 1 N–H and O–H groups in total. The van der Waals surface area contributed by atoms with E-state index in [0.717, 1.165) is 28.7 Å². The molecule has 0 radical (unpaired) electrons. The highest BCUT2D eigenvalue weighted by Crippen LogP contribution is 2.28. The van der Waals surface area contributed by atoms with E-state index in [0.29, 0.717) is 28.7 Å². The maximum atomic E-state index is 12.6. The maximum absolute atomic E-state index is 12.6. The molecule has 0 bridgehead atoms. The fourth-order valence-corrected chi connectivity index (χ4v) is 4.16. The first-order valence-electron chi connectivity index (χ1n) is 8.33. The number of anilines is 1. The van der Waals surface area contributed by atoms with Crippen LogP contribution in [0.1, 0.15) is 28.8 Å². The quantitative estimate of drug-likeness (QED) is 0.727. The molecule has 26 heavy (non-hydrogen) atoms. The summed E-state index contributed by atoms with van der Waals surface area (Å²) < 4.78 is 0.925. The van der Waals surface area contributed by atoms with Gasteiger partial charge in [-0.15, -0.1) is 0 Å². The second-order valence-corrected chi connectivity index (χ2v) is 7.67. The van der Waals surface area contributed by atoms with E-state index in [2.05, 4.69) is 10.3 Å². The van der Waals surface area contributed by atoms with Crippen LogP contribution in [0.3, 0.4) is 0 Å². The molecule has 1 aliphatic heterocycles. The molecule has 5 nitrogen and oxygen atoms in total. The Kier molecular flexibility index (Phi) is 4.61. The van der Waals surface area contributed by atoms with Gasteiger partial charge in [0.1, 0.15) is 0 Å². The zero-order chi connectivity index (χ0) is 18.1. The van der Waals surface area contributed by atoms with Crippen molar-refractivity contribution in [2.75, 3.05) is 11.9 Å². The molecule has 1 aromatic heterocycles. The third-order valence-corrected chi connectivity index (χ3v) is 5.47. The van der Waals surface area contributed by atoms with Crippen LogP contribution in [-0.4, -0.2) is 28.2 Å². The van der Waals surface area contributed by atoms with Gasteiger partial charge in [0.05, 0.1) is 10.2 Å². The van der Waals surface area contributed by atoms with E-state index in [1.54, 1.807) is 12.1 Å². The average Bonchev–Trinajstić information content (AvgIpc) is 3.20. The molecule has 1 fully saturated rings. The highest BCUT2D eigenvalue weighted by molar-refractivity contribution is 7.22. The standard InChI is InChI=1S/C19H16ClN3O2S/c20-14-6-7-15-16(10-14)26-19(21-15)22-18(25)13-4-1-3-12(9-13)11-23-8-2-5-17(23)24/h1,3-4,6-7,9-10H,2,5,8,11H2,(H,21,22,25). The summed E-state index contributed by atoms with van der Waals surface area (Å²) in [6.07, 6.45) is 1.52. The van der Waals surface area contributed by atoms with Crippen LogP contribution in [-0.2, 0) is 11.3 Å². The van der Waals surface area contributed by atoms with Gasteiger partial charge in [0, 0.05) is 30.1 Å². The van der Waals surface area contributed by atoms with Crippen molar-refractivity contribution in [2.24, 2.45) is 0 Å². The molecule has 0 unspecified atom stereocenters. The molecular formula is C19H16ClN3O2S. The minimum Gasteiger partial charge on any atom is -0.338 e. The van der Waals surface area contributed by atoms with E-state index >= 15 is 0 Å². The van der Waals surface area contributed by atoms with E-state index in [9.17, 15) is 9.59 Å². The van der Waals surface area contributed by atoms with E-state index < -0.39 is 0 Å². The summed E-state index contributed by atoms with van der Waals surface area (Å²) >= 11 is 7.38. The Hall–Kier alpha value is -2.44. The van der Waals surface area contributed by atoms with Crippen molar-refractivity contribution in [3.63, 3.8) is 0 Å². The molecule has 1 aliphatic rings. The van der Waals surface area contributed by atoms with Gasteiger partial charge in [0.2, 0.25) is 5.91 Å². The number of aromatic nitrogens is 1. The minimum atomic E-state index is -0.218. The molecule has 2 aromatic carbocycles. The zero-order valence-corrected chi connectivity index (χ0v) is 15.4. The summed E-state index contributed by atoms with van der Waals surface area (Å²) in [4.78, 5) is 30.6. The number of halogens is 1. The van der Waals surface area contributed by atoms with Crippen LogP contribution in [0.5, 0.6) is 0 Å². The summed E-state index contributed by atoms with van der Waals surface area (Å²) in [5.74, 6) is -0.0438. The number of rotatable bonds is 4. The average molecular weight is 386 g/mol. The molecule has 0 aliphatic carbocycles. The highest BCUT2D eigenvalue weighted by Gasteiger charge is 2.20. The molecule has 0 spiro atoms. The summed E-state index contributed by atoms with van der Waals surface area (Å²) in [7, 11) is 0. The Bertz CT molecular complexity index is 1000. The minimum absolute atomic E-state index is 0.174. The Morgan fingerprint density at radius 3 is 2.96 bits per heavy atom. The molecule has 7 heteroatoms. The number of nitrogens with one attached hydrogen (secondary N) is 1. The van der Waals surface area contributed by atoms with Crippen LogP contribution in [0.15, 0.2) is 42.5 Å². The van der Waals surface area contributed by atoms with Crippen molar-refractivity contribution in [1.82, 2.24) is 9.88 Å². The van der Waals surface area contributed by atoms with Crippen molar-refractivity contribution < 1.29 is 9.59 Å². The summed E-state index contributed by atoms with van der Waals surface area (Å²) in [5.41, 5.74) is 2.30. The van der Waals surface area contributed by atoms with Crippen LogP contribution >= 0.6 is 22.9 Å². The molecular weight excluding hydrogens is 370 g/mol. The SMILES string of the molecule is O=C(Nc1nc2ccc(Cl)cc2s1)c1cccc(CN2CCCC2=O)c1. The maximum Gasteiger partial charge on any atom is 0.257 e. The molecule has 2 amide bonds. The molecule has 2 heterocycles.